The Hall–Kier alpha value is -3.60. The van der Waals surface area contributed by atoms with Crippen molar-refractivity contribution < 1.29 is 9.18 Å². The molecule has 3 aromatic rings. The highest BCUT2D eigenvalue weighted by Crippen LogP contribution is 2.37. The number of aryl methyl sites for hydroxylation is 1. The van der Waals surface area contributed by atoms with Gasteiger partial charge in [0.1, 0.15) is 5.82 Å². The second kappa shape index (κ2) is 8.50. The Morgan fingerprint density at radius 1 is 1.16 bits per heavy atom. The molecular formula is C27H28FN3O. The van der Waals surface area contributed by atoms with Crippen molar-refractivity contribution in [2.75, 3.05) is 6.54 Å². The van der Waals surface area contributed by atoms with Crippen molar-refractivity contribution in [3.05, 3.63) is 95.6 Å². The van der Waals surface area contributed by atoms with E-state index in [1.165, 1.54) is 25.0 Å². The molecule has 0 atom stereocenters. The molecule has 1 saturated carbocycles. The van der Waals surface area contributed by atoms with E-state index in [1.54, 1.807) is 19.1 Å². The van der Waals surface area contributed by atoms with Gasteiger partial charge in [0.05, 0.1) is 0 Å². The van der Waals surface area contributed by atoms with Crippen LogP contribution in [0.25, 0.3) is 22.0 Å². The summed E-state index contributed by atoms with van der Waals surface area (Å²) in [6, 6.07) is 12.0. The van der Waals surface area contributed by atoms with Crippen LogP contribution >= 0.6 is 0 Å². The minimum atomic E-state index is -0.332. The number of fused-ring (bicyclic) bond motifs is 1. The van der Waals surface area contributed by atoms with Gasteiger partial charge < -0.3 is 15.6 Å². The SMILES string of the molecule is C=C(/C(C(=C)c1cn(C)c2cc(C(=O)NCC3CC3)ccc12)=C(/C)N)c1cccc(F)c1. The molecule has 5 heteroatoms. The van der Waals surface area contributed by atoms with E-state index in [-0.39, 0.29) is 11.7 Å². The largest absolute Gasteiger partial charge is 0.402 e. The zero-order chi connectivity index (χ0) is 23.0. The summed E-state index contributed by atoms with van der Waals surface area (Å²) in [5, 5.41) is 3.97. The molecule has 0 saturated heterocycles. The molecule has 0 bridgehead atoms. The molecule has 1 heterocycles. The number of carbonyl (C=O) groups is 1. The molecule has 32 heavy (non-hydrogen) atoms. The Bertz CT molecular complexity index is 1270. The van der Waals surface area contributed by atoms with Gasteiger partial charge in [0.25, 0.3) is 5.91 Å². The number of nitrogens with zero attached hydrogens (tertiary/aromatic N) is 1. The lowest BCUT2D eigenvalue weighted by Gasteiger charge is -2.16. The van der Waals surface area contributed by atoms with Crippen LogP contribution in [0.15, 0.2) is 73.1 Å². The fourth-order valence-corrected chi connectivity index (χ4v) is 4.04. The second-order valence-electron chi connectivity index (χ2n) is 8.56. The van der Waals surface area contributed by atoms with Gasteiger partial charge in [0.2, 0.25) is 0 Å². The summed E-state index contributed by atoms with van der Waals surface area (Å²) in [6.07, 6.45) is 4.36. The number of benzene rings is 2. The highest BCUT2D eigenvalue weighted by molar-refractivity contribution is 6.06. The van der Waals surface area contributed by atoms with Crippen LogP contribution in [0.1, 0.15) is 41.3 Å². The Morgan fingerprint density at radius 2 is 1.91 bits per heavy atom. The predicted octanol–water partition coefficient (Wildman–Crippen LogP) is 5.42. The van der Waals surface area contributed by atoms with Crippen LogP contribution in [0.4, 0.5) is 4.39 Å². The minimum absolute atomic E-state index is 0.0572. The molecule has 0 unspecified atom stereocenters. The zero-order valence-electron chi connectivity index (χ0n) is 18.5. The molecule has 1 fully saturated rings. The molecule has 3 N–H and O–H groups in total. The van der Waals surface area contributed by atoms with Gasteiger partial charge in [-0.15, -0.1) is 0 Å². The van der Waals surface area contributed by atoms with Crippen LogP contribution in [0, 0.1) is 11.7 Å². The van der Waals surface area contributed by atoms with Crippen LogP contribution in [0.3, 0.4) is 0 Å². The first-order valence-electron chi connectivity index (χ1n) is 10.7. The molecule has 0 spiro atoms. The van der Waals surface area contributed by atoms with E-state index in [2.05, 4.69) is 18.5 Å². The molecule has 1 aromatic heterocycles. The van der Waals surface area contributed by atoms with E-state index in [0.717, 1.165) is 23.0 Å². The quantitative estimate of drug-likeness (QED) is 0.493. The van der Waals surface area contributed by atoms with E-state index < -0.39 is 0 Å². The number of halogens is 1. The van der Waals surface area contributed by atoms with E-state index in [9.17, 15) is 9.18 Å². The second-order valence-corrected chi connectivity index (χ2v) is 8.56. The van der Waals surface area contributed by atoms with Gasteiger partial charge in [-0.3, -0.25) is 4.79 Å². The summed E-state index contributed by atoms with van der Waals surface area (Å²) < 4.78 is 15.8. The molecule has 164 valence electrons. The van der Waals surface area contributed by atoms with Crippen molar-refractivity contribution in [2.45, 2.75) is 19.8 Å². The third-order valence-corrected chi connectivity index (χ3v) is 6.00. The van der Waals surface area contributed by atoms with Crippen molar-refractivity contribution in [1.29, 1.82) is 0 Å². The molecule has 1 aliphatic rings. The normalized spacial score (nSPS) is 14.2. The first-order chi connectivity index (χ1) is 15.3. The Labute approximate surface area is 187 Å². The Balaban J connectivity index is 1.68. The molecular weight excluding hydrogens is 401 g/mol. The van der Waals surface area contributed by atoms with Gasteiger partial charge in [0, 0.05) is 53.1 Å². The molecule has 0 aliphatic heterocycles. The fourth-order valence-electron chi connectivity index (χ4n) is 4.04. The molecule has 1 amide bonds. The number of nitrogens with one attached hydrogen (secondary N) is 1. The van der Waals surface area contributed by atoms with Crippen molar-refractivity contribution in [3.8, 4) is 0 Å². The summed E-state index contributed by atoms with van der Waals surface area (Å²) in [5.74, 6) is 0.239. The number of aromatic nitrogens is 1. The van der Waals surface area contributed by atoms with Gasteiger partial charge in [-0.05, 0) is 66.7 Å². The minimum Gasteiger partial charge on any atom is -0.402 e. The molecule has 0 radical (unpaired) electrons. The number of carbonyl (C=O) groups excluding carboxylic acids is 1. The maximum Gasteiger partial charge on any atom is 0.251 e. The molecule has 4 rings (SSSR count). The number of allylic oxidation sites excluding steroid dienone is 4. The van der Waals surface area contributed by atoms with Crippen LogP contribution < -0.4 is 11.1 Å². The number of hydrogen-bond donors (Lipinski definition) is 2. The molecule has 2 aromatic carbocycles. The topological polar surface area (TPSA) is 60.0 Å². The molecule has 4 nitrogen and oxygen atoms in total. The number of amides is 1. The summed E-state index contributed by atoms with van der Waals surface area (Å²) in [7, 11) is 1.94. The summed E-state index contributed by atoms with van der Waals surface area (Å²) in [6.45, 7) is 11.0. The van der Waals surface area contributed by atoms with E-state index >= 15 is 0 Å². The lowest BCUT2D eigenvalue weighted by atomic mass is 9.89. The first-order valence-corrected chi connectivity index (χ1v) is 10.7. The molecule has 1 aliphatic carbocycles. The van der Waals surface area contributed by atoms with Crippen LogP contribution in [-0.4, -0.2) is 17.0 Å². The first kappa shape index (κ1) is 21.6. The average molecular weight is 430 g/mol. The van der Waals surface area contributed by atoms with E-state index in [4.69, 9.17) is 5.73 Å². The highest BCUT2D eigenvalue weighted by atomic mass is 19.1. The maximum absolute atomic E-state index is 13.8. The van der Waals surface area contributed by atoms with Crippen LogP contribution in [-0.2, 0) is 7.05 Å². The third-order valence-electron chi connectivity index (χ3n) is 6.00. The summed E-state index contributed by atoms with van der Waals surface area (Å²) >= 11 is 0. The van der Waals surface area contributed by atoms with Crippen molar-refractivity contribution in [1.82, 2.24) is 9.88 Å². The monoisotopic (exact) mass is 429 g/mol. The maximum atomic E-state index is 13.8. The lowest BCUT2D eigenvalue weighted by Crippen LogP contribution is -2.25. The fraction of sp³-hybridized carbons (Fsp3) is 0.222. The Kier molecular flexibility index (Phi) is 5.74. The van der Waals surface area contributed by atoms with Crippen molar-refractivity contribution in [2.24, 2.45) is 18.7 Å². The Morgan fingerprint density at radius 3 is 2.56 bits per heavy atom. The standard InChI is InChI=1S/C27H28FN3O/c1-16(20-6-5-7-22(28)12-20)26(18(3)29)17(2)24-15-31(4)25-13-21(10-11-23(24)25)27(32)30-14-19-8-9-19/h5-7,10-13,15,19H,1-2,8-9,14,29H2,3-4H3,(H,30,32)/b26-18+. The third kappa shape index (κ3) is 4.24. The van der Waals surface area contributed by atoms with Gasteiger partial charge in [-0.2, -0.15) is 0 Å². The van der Waals surface area contributed by atoms with Gasteiger partial charge in [0.15, 0.2) is 0 Å². The number of nitrogens with two attached hydrogens (primary N) is 1. The van der Waals surface area contributed by atoms with Gasteiger partial charge >= 0.3 is 0 Å². The average Bonchev–Trinajstić information content (AvgIpc) is 3.54. The van der Waals surface area contributed by atoms with E-state index in [1.807, 2.05) is 36.0 Å². The van der Waals surface area contributed by atoms with Crippen LogP contribution in [0.5, 0.6) is 0 Å². The lowest BCUT2D eigenvalue weighted by molar-refractivity contribution is 0.0952. The van der Waals surface area contributed by atoms with Crippen molar-refractivity contribution in [3.63, 3.8) is 0 Å². The van der Waals surface area contributed by atoms with Crippen LogP contribution in [0.2, 0.25) is 0 Å². The highest BCUT2D eigenvalue weighted by Gasteiger charge is 2.22. The van der Waals surface area contributed by atoms with Gasteiger partial charge in [-0.25, -0.2) is 4.39 Å². The number of rotatable bonds is 7. The summed E-state index contributed by atoms with van der Waals surface area (Å²) in [5.41, 5.74) is 11.9. The smallest absolute Gasteiger partial charge is 0.251 e. The van der Waals surface area contributed by atoms with Crippen molar-refractivity contribution >= 4 is 28.0 Å². The number of hydrogen-bond acceptors (Lipinski definition) is 2. The van der Waals surface area contributed by atoms with E-state index in [0.29, 0.717) is 39.5 Å². The van der Waals surface area contributed by atoms with Gasteiger partial charge in [-0.1, -0.05) is 31.4 Å². The summed E-state index contributed by atoms with van der Waals surface area (Å²) in [4.78, 5) is 12.5. The zero-order valence-corrected chi connectivity index (χ0v) is 18.5. The predicted molar refractivity (Wildman–Crippen MR) is 129 cm³/mol.